The van der Waals surface area contributed by atoms with Gasteiger partial charge in [0, 0.05) is 19.7 Å². The summed E-state index contributed by atoms with van der Waals surface area (Å²) < 4.78 is 4.72. The Kier molecular flexibility index (Phi) is 5.83. The van der Waals surface area contributed by atoms with Gasteiger partial charge in [-0.1, -0.05) is 13.0 Å². The molecule has 1 rings (SSSR count). The third-order valence-corrected chi connectivity index (χ3v) is 3.74. The number of methoxy groups -OCH3 is 1. The molecule has 0 saturated carbocycles. The Morgan fingerprint density at radius 2 is 2.10 bits per heavy atom. The summed E-state index contributed by atoms with van der Waals surface area (Å²) in [6, 6.07) is 4.23. The van der Waals surface area contributed by atoms with Gasteiger partial charge in [-0.25, -0.2) is 0 Å². The summed E-state index contributed by atoms with van der Waals surface area (Å²) in [5, 5.41) is 10.9. The molecule has 21 heavy (non-hydrogen) atoms. The fourth-order valence-corrected chi connectivity index (χ4v) is 2.38. The number of esters is 1. The zero-order valence-electron chi connectivity index (χ0n) is 11.8. The van der Waals surface area contributed by atoms with E-state index >= 15 is 0 Å². The number of nitro benzene ring substituents is 1. The molecule has 1 atom stereocenters. The van der Waals surface area contributed by atoms with Crippen LogP contribution in [0.25, 0.3) is 0 Å². The molecule has 1 amide bonds. The number of hydrogen-bond donors (Lipinski definition) is 0. The highest BCUT2D eigenvalue weighted by Gasteiger charge is 2.24. The smallest absolute Gasteiger partial charge is 0.310 e. The zero-order chi connectivity index (χ0) is 16.2. The fourth-order valence-electron chi connectivity index (χ4n) is 1.80. The van der Waals surface area contributed by atoms with Crippen LogP contribution in [0.2, 0.25) is 0 Å². The molecule has 7 nitrogen and oxygen atoms in total. The number of nitro groups is 1. The Morgan fingerprint density at radius 1 is 1.48 bits per heavy atom. The van der Waals surface area contributed by atoms with Crippen molar-refractivity contribution in [2.75, 3.05) is 20.7 Å². The Bertz CT molecular complexity index is 576. The Balaban J connectivity index is 2.96. The van der Waals surface area contributed by atoms with E-state index in [1.807, 2.05) is 0 Å². The molecule has 0 aliphatic carbocycles. The fraction of sp³-hybridized carbons (Fsp3) is 0.385. The number of ether oxygens (including phenoxy) is 1. The normalized spacial score (nSPS) is 11.6. The lowest BCUT2D eigenvalue weighted by molar-refractivity contribution is -0.385. The first-order valence-electron chi connectivity index (χ1n) is 6.05. The van der Waals surface area contributed by atoms with Gasteiger partial charge in [0.25, 0.3) is 11.6 Å². The predicted octanol–water partition coefficient (Wildman–Crippen LogP) is 2.24. The molecule has 1 aromatic carbocycles. The highest BCUT2D eigenvalue weighted by molar-refractivity contribution is 9.10. The van der Waals surface area contributed by atoms with Crippen molar-refractivity contribution >= 4 is 33.5 Å². The number of carbonyl (C=O) groups excluding carboxylic acids is 2. The van der Waals surface area contributed by atoms with Gasteiger partial charge in [-0.05, 0) is 22.0 Å². The van der Waals surface area contributed by atoms with Crippen LogP contribution in [-0.4, -0.2) is 42.4 Å². The molecule has 0 aromatic heterocycles. The van der Waals surface area contributed by atoms with Crippen LogP contribution >= 0.6 is 15.9 Å². The van der Waals surface area contributed by atoms with Crippen LogP contribution in [0.5, 0.6) is 0 Å². The minimum absolute atomic E-state index is 0.123. The SMILES string of the molecule is COC(=O)C(C)CN(C)C(=O)c1cccc([N+](=O)[O-])c1Br. The molecule has 0 aliphatic heterocycles. The van der Waals surface area contributed by atoms with Gasteiger partial charge in [0.15, 0.2) is 0 Å². The summed E-state index contributed by atoms with van der Waals surface area (Å²) >= 11 is 3.08. The molecule has 0 N–H and O–H groups in total. The van der Waals surface area contributed by atoms with E-state index in [1.165, 1.54) is 37.3 Å². The Labute approximate surface area is 130 Å². The lowest BCUT2D eigenvalue weighted by atomic mass is 10.1. The van der Waals surface area contributed by atoms with Gasteiger partial charge in [-0.3, -0.25) is 19.7 Å². The van der Waals surface area contributed by atoms with Crippen LogP contribution in [0, 0.1) is 16.0 Å². The first-order chi connectivity index (χ1) is 9.79. The van der Waals surface area contributed by atoms with E-state index in [2.05, 4.69) is 20.7 Å². The van der Waals surface area contributed by atoms with Crippen molar-refractivity contribution in [1.29, 1.82) is 0 Å². The van der Waals surface area contributed by atoms with Crippen molar-refractivity contribution in [3.8, 4) is 0 Å². The largest absolute Gasteiger partial charge is 0.469 e. The summed E-state index contributed by atoms with van der Waals surface area (Å²) in [5.41, 5.74) is -0.0148. The standard InChI is InChI=1S/C13H15BrN2O5/c1-8(13(18)21-3)7-15(2)12(17)9-5-4-6-10(11(9)14)16(19)20/h4-6,8H,7H2,1-3H3. The van der Waals surface area contributed by atoms with Gasteiger partial charge in [0.1, 0.15) is 4.47 Å². The maximum absolute atomic E-state index is 12.3. The first-order valence-corrected chi connectivity index (χ1v) is 6.85. The molecule has 114 valence electrons. The van der Waals surface area contributed by atoms with E-state index in [0.717, 1.165) is 0 Å². The van der Waals surface area contributed by atoms with E-state index in [4.69, 9.17) is 0 Å². The van der Waals surface area contributed by atoms with Crippen LogP contribution in [0.15, 0.2) is 22.7 Å². The maximum atomic E-state index is 12.3. The number of carbonyl (C=O) groups is 2. The predicted molar refractivity (Wildman–Crippen MR) is 78.9 cm³/mol. The number of halogens is 1. The van der Waals surface area contributed by atoms with E-state index in [1.54, 1.807) is 6.92 Å². The van der Waals surface area contributed by atoms with Gasteiger partial charge >= 0.3 is 5.97 Å². The minimum Gasteiger partial charge on any atom is -0.469 e. The van der Waals surface area contributed by atoms with Crippen LogP contribution in [0.4, 0.5) is 5.69 Å². The maximum Gasteiger partial charge on any atom is 0.310 e. The number of hydrogen-bond acceptors (Lipinski definition) is 5. The molecule has 0 spiro atoms. The van der Waals surface area contributed by atoms with E-state index in [-0.39, 0.29) is 22.3 Å². The van der Waals surface area contributed by atoms with E-state index in [9.17, 15) is 19.7 Å². The molecule has 0 bridgehead atoms. The highest BCUT2D eigenvalue weighted by Crippen LogP contribution is 2.29. The number of nitrogens with zero attached hydrogens (tertiary/aromatic N) is 2. The molecule has 0 aliphatic rings. The van der Waals surface area contributed by atoms with Crippen molar-refractivity contribution in [3.05, 3.63) is 38.3 Å². The van der Waals surface area contributed by atoms with Gasteiger partial charge in [-0.2, -0.15) is 0 Å². The molecular weight excluding hydrogens is 344 g/mol. The lowest BCUT2D eigenvalue weighted by Crippen LogP contribution is -2.34. The van der Waals surface area contributed by atoms with E-state index < -0.39 is 22.7 Å². The lowest BCUT2D eigenvalue weighted by Gasteiger charge is -2.20. The van der Waals surface area contributed by atoms with Crippen LogP contribution < -0.4 is 0 Å². The molecular formula is C13H15BrN2O5. The third-order valence-electron chi connectivity index (χ3n) is 2.90. The van der Waals surface area contributed by atoms with Crippen molar-refractivity contribution in [3.63, 3.8) is 0 Å². The van der Waals surface area contributed by atoms with Gasteiger partial charge < -0.3 is 9.64 Å². The average Bonchev–Trinajstić information content (AvgIpc) is 2.45. The average molecular weight is 359 g/mol. The van der Waals surface area contributed by atoms with Crippen LogP contribution in [0.3, 0.4) is 0 Å². The molecule has 0 saturated heterocycles. The van der Waals surface area contributed by atoms with Gasteiger partial charge in [-0.15, -0.1) is 0 Å². The number of amides is 1. The summed E-state index contributed by atoms with van der Waals surface area (Å²) in [6.45, 7) is 1.79. The second-order valence-corrected chi connectivity index (χ2v) is 5.30. The van der Waals surface area contributed by atoms with Gasteiger partial charge in [0.05, 0.1) is 23.5 Å². The molecule has 0 heterocycles. The minimum atomic E-state index is -0.571. The van der Waals surface area contributed by atoms with Crippen LogP contribution in [0.1, 0.15) is 17.3 Å². The quantitative estimate of drug-likeness (QED) is 0.457. The molecule has 0 fully saturated rings. The van der Waals surface area contributed by atoms with Crippen molar-refractivity contribution in [1.82, 2.24) is 4.90 Å². The third kappa shape index (κ3) is 4.01. The zero-order valence-corrected chi connectivity index (χ0v) is 13.4. The molecule has 1 unspecified atom stereocenters. The molecule has 0 radical (unpaired) electrons. The topological polar surface area (TPSA) is 89.8 Å². The Morgan fingerprint density at radius 3 is 2.62 bits per heavy atom. The second-order valence-electron chi connectivity index (χ2n) is 4.51. The molecule has 1 aromatic rings. The summed E-state index contributed by atoms with van der Waals surface area (Å²) in [5.74, 6) is -1.32. The van der Waals surface area contributed by atoms with Crippen molar-refractivity contribution < 1.29 is 19.2 Å². The summed E-state index contributed by atoms with van der Waals surface area (Å²) in [7, 11) is 2.80. The van der Waals surface area contributed by atoms with Crippen molar-refractivity contribution in [2.24, 2.45) is 5.92 Å². The first kappa shape index (κ1) is 17.1. The summed E-state index contributed by atoms with van der Waals surface area (Å²) in [4.78, 5) is 35.3. The monoisotopic (exact) mass is 358 g/mol. The number of rotatable bonds is 5. The van der Waals surface area contributed by atoms with Gasteiger partial charge in [0.2, 0.25) is 0 Å². The molecule has 8 heteroatoms. The highest BCUT2D eigenvalue weighted by atomic mass is 79.9. The number of benzene rings is 1. The van der Waals surface area contributed by atoms with Crippen molar-refractivity contribution in [2.45, 2.75) is 6.92 Å². The second kappa shape index (κ2) is 7.16. The van der Waals surface area contributed by atoms with E-state index in [0.29, 0.717) is 0 Å². The Hall–Kier alpha value is -1.96. The van der Waals surface area contributed by atoms with Crippen LogP contribution in [-0.2, 0) is 9.53 Å². The summed E-state index contributed by atoms with van der Waals surface area (Å²) in [6.07, 6.45) is 0.